The second-order valence-electron chi connectivity index (χ2n) is 6.07. The van der Waals surface area contributed by atoms with Gasteiger partial charge in [-0.3, -0.25) is 0 Å². The van der Waals surface area contributed by atoms with Crippen molar-refractivity contribution in [3.63, 3.8) is 0 Å². The number of nitrogens with two attached hydrogens (primary N) is 1. The van der Waals surface area contributed by atoms with Gasteiger partial charge in [-0.1, -0.05) is 0 Å². The van der Waals surface area contributed by atoms with E-state index in [4.69, 9.17) is 5.73 Å². The zero-order valence-corrected chi connectivity index (χ0v) is 8.95. The molecule has 3 N–H and O–H groups in total. The van der Waals surface area contributed by atoms with Crippen LogP contribution < -0.4 is 5.73 Å². The Kier molecular flexibility index (Phi) is 1.79. The highest BCUT2D eigenvalue weighted by Gasteiger charge is 2.57. The summed E-state index contributed by atoms with van der Waals surface area (Å²) in [6, 6.07) is 0.172. The van der Waals surface area contributed by atoms with Gasteiger partial charge in [-0.2, -0.15) is 0 Å². The molecule has 0 saturated heterocycles. The van der Waals surface area contributed by atoms with Crippen molar-refractivity contribution in [1.29, 1.82) is 0 Å². The van der Waals surface area contributed by atoms with E-state index in [9.17, 15) is 5.11 Å². The molecule has 6 atom stereocenters. The summed E-state index contributed by atoms with van der Waals surface area (Å²) in [6.07, 6.45) is 6.24. The number of rotatable bonds is 1. The molecule has 0 aromatic rings. The van der Waals surface area contributed by atoms with Crippen LogP contribution in [-0.4, -0.2) is 17.3 Å². The summed E-state index contributed by atoms with van der Waals surface area (Å²) < 4.78 is 0. The first kappa shape index (κ1) is 9.17. The molecule has 4 fully saturated rings. The smallest absolute Gasteiger partial charge is 0.0639 e. The third-order valence-electron chi connectivity index (χ3n) is 5.22. The van der Waals surface area contributed by atoms with E-state index < -0.39 is 0 Å². The van der Waals surface area contributed by atoms with Gasteiger partial charge in [0.1, 0.15) is 0 Å². The van der Waals surface area contributed by atoms with Gasteiger partial charge in [0.15, 0.2) is 0 Å². The SMILES string of the molecule is C[C@@H](N)C12C[C@@H]3CC(C[C@@H](C3)C1)[C@@H]2O. The number of hydrogen-bond donors (Lipinski definition) is 2. The van der Waals surface area contributed by atoms with Crippen LogP contribution in [0, 0.1) is 23.2 Å². The van der Waals surface area contributed by atoms with Crippen molar-refractivity contribution in [3.05, 3.63) is 0 Å². The van der Waals surface area contributed by atoms with Gasteiger partial charge < -0.3 is 10.8 Å². The summed E-state index contributed by atoms with van der Waals surface area (Å²) in [5.41, 5.74) is 6.21. The second-order valence-corrected chi connectivity index (χ2v) is 6.07. The molecule has 0 aromatic heterocycles. The standard InChI is InChI=1S/C12H21NO/c1-7(13)12-5-8-2-9(6-12)4-10(3-8)11(12)14/h7-11,14H,2-6,13H2,1H3/t7-,8-,9+,10?,11+,12?/m1/s1. The minimum atomic E-state index is -0.102. The average molecular weight is 195 g/mol. The molecular formula is C12H21NO. The van der Waals surface area contributed by atoms with Gasteiger partial charge in [-0.15, -0.1) is 0 Å². The first-order chi connectivity index (χ1) is 6.62. The Bertz CT molecular complexity index is 237. The molecule has 4 bridgehead atoms. The van der Waals surface area contributed by atoms with E-state index in [1.807, 2.05) is 0 Å². The first-order valence-corrected chi connectivity index (χ1v) is 6.05. The normalized spacial score (nSPS) is 57.6. The molecule has 4 aliphatic rings. The Labute approximate surface area is 85.9 Å². The molecule has 0 radical (unpaired) electrons. The van der Waals surface area contributed by atoms with Gasteiger partial charge in [0.05, 0.1) is 6.10 Å². The molecule has 0 aromatic carbocycles. The summed E-state index contributed by atoms with van der Waals surface area (Å²) in [6.45, 7) is 2.09. The summed E-state index contributed by atoms with van der Waals surface area (Å²) >= 11 is 0. The molecule has 4 rings (SSSR count). The fourth-order valence-corrected chi connectivity index (χ4v) is 4.72. The van der Waals surface area contributed by atoms with E-state index in [1.165, 1.54) is 32.1 Å². The third-order valence-corrected chi connectivity index (χ3v) is 5.22. The van der Waals surface area contributed by atoms with Crippen molar-refractivity contribution >= 4 is 0 Å². The quantitative estimate of drug-likeness (QED) is 0.666. The van der Waals surface area contributed by atoms with Crippen LogP contribution in [0.1, 0.15) is 39.0 Å². The van der Waals surface area contributed by atoms with E-state index in [0.29, 0.717) is 5.92 Å². The molecule has 14 heavy (non-hydrogen) atoms. The third kappa shape index (κ3) is 0.989. The molecule has 2 unspecified atom stereocenters. The highest BCUT2D eigenvalue weighted by atomic mass is 16.3. The zero-order chi connectivity index (χ0) is 9.92. The van der Waals surface area contributed by atoms with E-state index >= 15 is 0 Å². The predicted molar refractivity (Wildman–Crippen MR) is 55.6 cm³/mol. The monoisotopic (exact) mass is 195 g/mol. The summed E-state index contributed by atoms with van der Waals surface area (Å²) in [5, 5.41) is 10.4. The lowest BCUT2D eigenvalue weighted by molar-refractivity contribution is -0.163. The Balaban J connectivity index is 1.97. The lowest BCUT2D eigenvalue weighted by Crippen LogP contribution is -2.61. The van der Waals surface area contributed by atoms with E-state index in [-0.39, 0.29) is 17.6 Å². The molecular weight excluding hydrogens is 174 g/mol. The molecule has 2 nitrogen and oxygen atoms in total. The maximum atomic E-state index is 10.4. The van der Waals surface area contributed by atoms with Crippen LogP contribution in [-0.2, 0) is 0 Å². The lowest BCUT2D eigenvalue weighted by atomic mass is 9.46. The minimum absolute atomic E-state index is 0.0920. The van der Waals surface area contributed by atoms with Gasteiger partial charge in [-0.05, 0) is 56.8 Å². The maximum absolute atomic E-state index is 10.4. The molecule has 2 heteroatoms. The molecule has 4 saturated carbocycles. The Morgan fingerprint density at radius 1 is 1.21 bits per heavy atom. The van der Waals surface area contributed by atoms with Crippen LogP contribution in [0.5, 0.6) is 0 Å². The molecule has 0 amide bonds. The minimum Gasteiger partial charge on any atom is -0.392 e. The van der Waals surface area contributed by atoms with Crippen LogP contribution in [0.2, 0.25) is 0 Å². The Morgan fingerprint density at radius 3 is 2.29 bits per heavy atom. The van der Waals surface area contributed by atoms with Gasteiger partial charge >= 0.3 is 0 Å². The highest BCUT2D eigenvalue weighted by Crippen LogP contribution is 2.60. The average Bonchev–Trinajstić information content (AvgIpc) is 2.12. The highest BCUT2D eigenvalue weighted by molar-refractivity contribution is 5.09. The number of aliphatic hydroxyl groups excluding tert-OH is 1. The predicted octanol–water partition coefficient (Wildman–Crippen LogP) is 1.52. The van der Waals surface area contributed by atoms with Crippen LogP contribution >= 0.6 is 0 Å². The van der Waals surface area contributed by atoms with Gasteiger partial charge in [0, 0.05) is 11.5 Å². The van der Waals surface area contributed by atoms with Gasteiger partial charge in [-0.25, -0.2) is 0 Å². The Hall–Kier alpha value is -0.0800. The number of aliphatic hydroxyl groups is 1. The fraction of sp³-hybridized carbons (Fsp3) is 1.00. The molecule has 0 heterocycles. The van der Waals surface area contributed by atoms with Gasteiger partial charge in [0.25, 0.3) is 0 Å². The van der Waals surface area contributed by atoms with Crippen molar-refractivity contribution in [2.24, 2.45) is 28.9 Å². The van der Waals surface area contributed by atoms with E-state index in [2.05, 4.69) is 6.92 Å². The molecule has 4 aliphatic carbocycles. The largest absolute Gasteiger partial charge is 0.392 e. The van der Waals surface area contributed by atoms with Crippen LogP contribution in [0.3, 0.4) is 0 Å². The van der Waals surface area contributed by atoms with Crippen molar-refractivity contribution in [1.82, 2.24) is 0 Å². The van der Waals surface area contributed by atoms with E-state index in [1.54, 1.807) is 0 Å². The summed E-state index contributed by atoms with van der Waals surface area (Å²) in [5.74, 6) is 2.33. The van der Waals surface area contributed by atoms with E-state index in [0.717, 1.165) is 11.8 Å². The first-order valence-electron chi connectivity index (χ1n) is 6.05. The maximum Gasteiger partial charge on any atom is 0.0639 e. The second kappa shape index (κ2) is 2.73. The van der Waals surface area contributed by atoms with Crippen molar-refractivity contribution in [2.45, 2.75) is 51.2 Å². The molecule has 0 spiro atoms. The molecule has 80 valence electrons. The summed E-state index contributed by atoms with van der Waals surface area (Å²) in [4.78, 5) is 0. The zero-order valence-electron chi connectivity index (χ0n) is 8.95. The lowest BCUT2D eigenvalue weighted by Gasteiger charge is -2.61. The van der Waals surface area contributed by atoms with Crippen molar-refractivity contribution in [3.8, 4) is 0 Å². The van der Waals surface area contributed by atoms with Crippen LogP contribution in [0.15, 0.2) is 0 Å². The van der Waals surface area contributed by atoms with Crippen LogP contribution in [0.4, 0.5) is 0 Å². The Morgan fingerprint density at radius 2 is 1.79 bits per heavy atom. The van der Waals surface area contributed by atoms with Crippen LogP contribution in [0.25, 0.3) is 0 Å². The molecule has 0 aliphatic heterocycles. The van der Waals surface area contributed by atoms with Crippen molar-refractivity contribution < 1.29 is 5.11 Å². The van der Waals surface area contributed by atoms with Crippen molar-refractivity contribution in [2.75, 3.05) is 0 Å². The number of hydrogen-bond acceptors (Lipinski definition) is 2. The fourth-order valence-electron chi connectivity index (χ4n) is 4.72. The van der Waals surface area contributed by atoms with Gasteiger partial charge in [0.2, 0.25) is 0 Å². The topological polar surface area (TPSA) is 46.2 Å². The summed E-state index contributed by atoms with van der Waals surface area (Å²) in [7, 11) is 0.